The maximum Gasteiger partial charge on any atom is 0.319 e. The lowest BCUT2D eigenvalue weighted by atomic mass is 10.1. The van der Waals surface area contributed by atoms with Crippen molar-refractivity contribution in [3.63, 3.8) is 0 Å². The van der Waals surface area contributed by atoms with Crippen molar-refractivity contribution in [1.82, 2.24) is 9.62 Å². The summed E-state index contributed by atoms with van der Waals surface area (Å²) in [5.41, 5.74) is 0.335. The molecular formula is C14H20FN3O4S. The second-order valence-corrected chi connectivity index (χ2v) is 7.39. The van der Waals surface area contributed by atoms with Crippen LogP contribution < -0.4 is 15.4 Å². The van der Waals surface area contributed by atoms with Crippen LogP contribution in [0.1, 0.15) is 12.8 Å². The van der Waals surface area contributed by atoms with Crippen molar-refractivity contribution in [3.05, 3.63) is 24.0 Å². The summed E-state index contributed by atoms with van der Waals surface area (Å²) in [5, 5.41) is 5.31. The summed E-state index contributed by atoms with van der Waals surface area (Å²) >= 11 is 0. The number of piperidine rings is 1. The largest absolute Gasteiger partial charge is 0.494 e. The highest BCUT2D eigenvalue weighted by Gasteiger charge is 2.26. The van der Waals surface area contributed by atoms with E-state index in [-0.39, 0.29) is 18.3 Å². The number of anilines is 1. The van der Waals surface area contributed by atoms with Gasteiger partial charge in [0, 0.05) is 25.2 Å². The predicted molar refractivity (Wildman–Crippen MR) is 84.5 cm³/mol. The first-order valence-electron chi connectivity index (χ1n) is 7.16. The fourth-order valence-electron chi connectivity index (χ4n) is 2.47. The maximum atomic E-state index is 13.1. The van der Waals surface area contributed by atoms with Crippen LogP contribution in [-0.4, -0.2) is 51.3 Å². The molecule has 2 amide bonds. The summed E-state index contributed by atoms with van der Waals surface area (Å²) in [6, 6.07) is 3.02. The van der Waals surface area contributed by atoms with Crippen molar-refractivity contribution in [2.24, 2.45) is 0 Å². The Hall–Kier alpha value is -1.87. The molecule has 1 heterocycles. The summed E-state index contributed by atoms with van der Waals surface area (Å²) in [7, 11) is -1.89. The fraction of sp³-hybridized carbons (Fsp3) is 0.500. The average molecular weight is 345 g/mol. The van der Waals surface area contributed by atoms with E-state index in [1.165, 1.54) is 29.6 Å². The molecule has 1 saturated heterocycles. The van der Waals surface area contributed by atoms with E-state index in [1.54, 1.807) is 0 Å². The highest BCUT2D eigenvalue weighted by Crippen LogP contribution is 2.24. The van der Waals surface area contributed by atoms with Crippen LogP contribution in [0, 0.1) is 5.82 Å². The van der Waals surface area contributed by atoms with E-state index in [4.69, 9.17) is 4.74 Å². The second-order valence-electron chi connectivity index (χ2n) is 5.40. The van der Waals surface area contributed by atoms with Gasteiger partial charge in [-0.1, -0.05) is 0 Å². The lowest BCUT2D eigenvalue weighted by Crippen LogP contribution is -2.50. The van der Waals surface area contributed by atoms with Gasteiger partial charge >= 0.3 is 6.03 Å². The third-order valence-electron chi connectivity index (χ3n) is 3.60. The van der Waals surface area contributed by atoms with Gasteiger partial charge in [-0.25, -0.2) is 21.9 Å². The third-order valence-corrected chi connectivity index (χ3v) is 4.87. The first kappa shape index (κ1) is 17.5. The molecule has 0 aliphatic carbocycles. The van der Waals surface area contributed by atoms with Crippen LogP contribution in [0.4, 0.5) is 14.9 Å². The minimum atomic E-state index is -3.27. The third kappa shape index (κ3) is 4.80. The zero-order valence-electron chi connectivity index (χ0n) is 13.0. The van der Waals surface area contributed by atoms with Crippen molar-refractivity contribution in [2.75, 3.05) is 31.8 Å². The van der Waals surface area contributed by atoms with E-state index in [9.17, 15) is 17.6 Å². The van der Waals surface area contributed by atoms with E-state index in [1.807, 2.05) is 0 Å². The molecule has 23 heavy (non-hydrogen) atoms. The Labute approximate surface area is 134 Å². The molecular weight excluding hydrogens is 325 g/mol. The summed E-state index contributed by atoms with van der Waals surface area (Å²) in [6.45, 7) is 0.706. The number of carbonyl (C=O) groups excluding carboxylic acids is 1. The van der Waals surface area contributed by atoms with Gasteiger partial charge in [0.05, 0.1) is 19.1 Å². The number of nitrogens with one attached hydrogen (secondary N) is 2. The van der Waals surface area contributed by atoms with Gasteiger partial charge in [0.1, 0.15) is 11.6 Å². The highest BCUT2D eigenvalue weighted by atomic mass is 32.2. The van der Waals surface area contributed by atoms with Gasteiger partial charge in [-0.05, 0) is 25.0 Å². The number of amides is 2. The predicted octanol–water partition coefficient (Wildman–Crippen LogP) is 1.38. The molecule has 7 nitrogen and oxygen atoms in total. The Morgan fingerprint density at radius 2 is 2.17 bits per heavy atom. The van der Waals surface area contributed by atoms with Crippen LogP contribution in [0.15, 0.2) is 18.2 Å². The van der Waals surface area contributed by atoms with E-state index >= 15 is 0 Å². The van der Waals surface area contributed by atoms with Crippen LogP contribution in [0.25, 0.3) is 0 Å². The molecule has 0 saturated carbocycles. The number of rotatable bonds is 4. The molecule has 1 atom stereocenters. The normalized spacial score (nSPS) is 19.2. The lowest BCUT2D eigenvalue weighted by molar-refractivity contribution is 0.236. The molecule has 0 unspecified atom stereocenters. The van der Waals surface area contributed by atoms with E-state index in [0.29, 0.717) is 25.1 Å². The molecule has 9 heteroatoms. The minimum Gasteiger partial charge on any atom is -0.494 e. The SMILES string of the molecule is COc1cc(F)ccc1NC(=O)N[C@H]1CCCN(S(C)(=O)=O)C1. The first-order valence-corrected chi connectivity index (χ1v) is 9.00. The smallest absolute Gasteiger partial charge is 0.319 e. The standard InChI is InChI=1S/C14H20FN3O4S/c1-22-13-8-10(15)5-6-12(13)17-14(19)16-11-4-3-7-18(9-11)23(2,20)21/h5-6,8,11H,3-4,7,9H2,1-2H3,(H2,16,17,19)/t11-/m0/s1. The van der Waals surface area contributed by atoms with Crippen LogP contribution >= 0.6 is 0 Å². The molecule has 0 aromatic heterocycles. The Balaban J connectivity index is 1.97. The first-order chi connectivity index (χ1) is 10.8. The Bertz CT molecular complexity index is 681. The van der Waals surface area contributed by atoms with Gasteiger partial charge < -0.3 is 15.4 Å². The summed E-state index contributed by atoms with van der Waals surface area (Å²) < 4.78 is 42.6. The Morgan fingerprint density at radius 1 is 1.43 bits per heavy atom. The quantitative estimate of drug-likeness (QED) is 0.863. The molecule has 1 fully saturated rings. The molecule has 128 valence electrons. The van der Waals surface area contributed by atoms with E-state index < -0.39 is 21.9 Å². The zero-order valence-corrected chi connectivity index (χ0v) is 13.8. The van der Waals surface area contributed by atoms with E-state index in [0.717, 1.165) is 6.26 Å². The molecule has 1 aliphatic rings. The molecule has 1 aliphatic heterocycles. The molecule has 0 radical (unpaired) electrons. The number of nitrogens with zero attached hydrogens (tertiary/aromatic N) is 1. The number of benzene rings is 1. The van der Waals surface area contributed by atoms with Crippen molar-refractivity contribution in [2.45, 2.75) is 18.9 Å². The Kier molecular flexibility index (Phi) is 5.42. The summed E-state index contributed by atoms with van der Waals surface area (Å²) in [6.07, 6.45) is 2.52. The number of urea groups is 1. The number of hydrogen-bond acceptors (Lipinski definition) is 4. The van der Waals surface area contributed by atoms with Crippen LogP contribution in [-0.2, 0) is 10.0 Å². The number of sulfonamides is 1. The van der Waals surface area contributed by atoms with E-state index in [2.05, 4.69) is 10.6 Å². The molecule has 1 aromatic rings. The van der Waals surface area contributed by atoms with Gasteiger partial charge in [0.25, 0.3) is 0 Å². The number of ether oxygens (including phenoxy) is 1. The van der Waals surface area contributed by atoms with Gasteiger partial charge in [0.15, 0.2) is 0 Å². The van der Waals surface area contributed by atoms with Crippen LogP contribution in [0.3, 0.4) is 0 Å². The van der Waals surface area contributed by atoms with Gasteiger partial charge in [0.2, 0.25) is 10.0 Å². The number of methoxy groups -OCH3 is 1. The molecule has 0 bridgehead atoms. The summed E-state index contributed by atoms with van der Waals surface area (Å²) in [5.74, 6) is -0.259. The molecule has 2 N–H and O–H groups in total. The van der Waals surface area contributed by atoms with Crippen molar-refractivity contribution in [1.29, 1.82) is 0 Å². The molecule has 1 aromatic carbocycles. The van der Waals surface area contributed by atoms with Gasteiger partial charge in [-0.15, -0.1) is 0 Å². The van der Waals surface area contributed by atoms with Crippen LogP contribution in [0.2, 0.25) is 0 Å². The number of halogens is 1. The molecule has 2 rings (SSSR count). The minimum absolute atomic E-state index is 0.210. The van der Waals surface area contributed by atoms with Crippen LogP contribution in [0.5, 0.6) is 5.75 Å². The zero-order chi connectivity index (χ0) is 17.0. The van der Waals surface area contributed by atoms with Crippen molar-refractivity contribution >= 4 is 21.7 Å². The topological polar surface area (TPSA) is 87.7 Å². The number of hydrogen-bond donors (Lipinski definition) is 2. The van der Waals surface area contributed by atoms with Gasteiger partial charge in [-0.2, -0.15) is 0 Å². The van der Waals surface area contributed by atoms with Crippen molar-refractivity contribution < 1.29 is 22.3 Å². The second kappa shape index (κ2) is 7.14. The number of carbonyl (C=O) groups is 1. The summed E-state index contributed by atoms with van der Waals surface area (Å²) in [4.78, 5) is 12.1. The molecule has 0 spiro atoms. The monoisotopic (exact) mass is 345 g/mol. The lowest BCUT2D eigenvalue weighted by Gasteiger charge is -2.31. The average Bonchev–Trinajstić information content (AvgIpc) is 2.48. The maximum absolute atomic E-state index is 13.1. The Morgan fingerprint density at radius 3 is 2.83 bits per heavy atom. The highest BCUT2D eigenvalue weighted by molar-refractivity contribution is 7.88. The van der Waals surface area contributed by atoms with Gasteiger partial charge in [-0.3, -0.25) is 0 Å². The fourth-order valence-corrected chi connectivity index (χ4v) is 3.39. The van der Waals surface area contributed by atoms with Crippen molar-refractivity contribution in [3.8, 4) is 5.75 Å².